The zero-order valence-electron chi connectivity index (χ0n) is 13.2. The van der Waals surface area contributed by atoms with Crippen molar-refractivity contribution < 1.29 is 14.5 Å². The summed E-state index contributed by atoms with van der Waals surface area (Å²) in [6.45, 7) is 1.33. The largest absolute Gasteiger partial charge is 0.377 e. The third-order valence-corrected chi connectivity index (χ3v) is 3.78. The number of benzene rings is 1. The second-order valence-electron chi connectivity index (χ2n) is 5.62. The molecule has 1 aromatic carbocycles. The van der Waals surface area contributed by atoms with Gasteiger partial charge < -0.3 is 15.1 Å². The van der Waals surface area contributed by atoms with E-state index in [1.54, 1.807) is 23.9 Å². The highest BCUT2D eigenvalue weighted by atomic mass is 16.6. The first kappa shape index (κ1) is 16.7. The van der Waals surface area contributed by atoms with Crippen molar-refractivity contribution in [3.63, 3.8) is 0 Å². The normalized spacial score (nSPS) is 13.7. The third-order valence-electron chi connectivity index (χ3n) is 3.78. The lowest BCUT2D eigenvalue weighted by Gasteiger charge is -2.18. The molecule has 1 saturated heterocycles. The maximum atomic E-state index is 12.3. The Hall–Kier alpha value is -2.64. The standard InChI is InChI=1S/C15H20N4O4/c1-17(2)13-6-5-11(19(22)23)9-12(13)15(21)16-10-14(20)18-7-3-4-8-18/h5-6,9H,3-4,7-8,10H2,1-2H3,(H,16,21). The highest BCUT2D eigenvalue weighted by Gasteiger charge is 2.21. The maximum Gasteiger partial charge on any atom is 0.270 e. The highest BCUT2D eigenvalue weighted by molar-refractivity contribution is 6.01. The van der Waals surface area contributed by atoms with Crippen molar-refractivity contribution >= 4 is 23.2 Å². The van der Waals surface area contributed by atoms with Crippen molar-refractivity contribution in [1.29, 1.82) is 0 Å². The Morgan fingerprint density at radius 3 is 2.52 bits per heavy atom. The number of carbonyl (C=O) groups excluding carboxylic acids is 2. The summed E-state index contributed by atoms with van der Waals surface area (Å²) >= 11 is 0. The molecule has 0 aliphatic carbocycles. The molecular weight excluding hydrogens is 300 g/mol. The molecule has 0 bridgehead atoms. The van der Waals surface area contributed by atoms with E-state index in [-0.39, 0.29) is 23.7 Å². The number of hydrogen-bond donors (Lipinski definition) is 1. The molecule has 0 atom stereocenters. The lowest BCUT2D eigenvalue weighted by atomic mass is 10.1. The number of nitrogens with zero attached hydrogens (tertiary/aromatic N) is 3. The van der Waals surface area contributed by atoms with Gasteiger partial charge in [-0.1, -0.05) is 0 Å². The average Bonchev–Trinajstić information content (AvgIpc) is 3.05. The first-order chi connectivity index (χ1) is 10.9. The van der Waals surface area contributed by atoms with Crippen molar-refractivity contribution in [3.05, 3.63) is 33.9 Å². The number of carbonyl (C=O) groups is 2. The second kappa shape index (κ2) is 7.08. The summed E-state index contributed by atoms with van der Waals surface area (Å²) in [4.78, 5) is 38.1. The fourth-order valence-corrected chi connectivity index (χ4v) is 2.54. The summed E-state index contributed by atoms with van der Waals surface area (Å²) in [7, 11) is 3.49. The van der Waals surface area contributed by atoms with Gasteiger partial charge in [0.25, 0.3) is 11.6 Å². The molecule has 2 amide bonds. The Morgan fingerprint density at radius 1 is 1.30 bits per heavy atom. The van der Waals surface area contributed by atoms with Crippen LogP contribution in [-0.2, 0) is 4.79 Å². The number of anilines is 1. The topological polar surface area (TPSA) is 95.8 Å². The van der Waals surface area contributed by atoms with Crippen LogP contribution in [0.5, 0.6) is 0 Å². The molecule has 1 heterocycles. The van der Waals surface area contributed by atoms with Crippen molar-refractivity contribution in [1.82, 2.24) is 10.2 Å². The summed E-state index contributed by atoms with van der Waals surface area (Å²) in [6.07, 6.45) is 1.96. The Bertz CT molecular complexity index is 624. The molecule has 8 nitrogen and oxygen atoms in total. The summed E-state index contributed by atoms with van der Waals surface area (Å²) in [6, 6.07) is 4.10. The van der Waals surface area contributed by atoms with E-state index in [4.69, 9.17) is 0 Å². The zero-order chi connectivity index (χ0) is 17.0. The van der Waals surface area contributed by atoms with Crippen LogP contribution in [0.4, 0.5) is 11.4 Å². The molecule has 8 heteroatoms. The van der Waals surface area contributed by atoms with Crippen LogP contribution in [0.25, 0.3) is 0 Å². The van der Waals surface area contributed by atoms with Gasteiger partial charge in [0, 0.05) is 45.0 Å². The molecule has 0 aromatic heterocycles. The maximum absolute atomic E-state index is 12.3. The van der Waals surface area contributed by atoms with Crippen LogP contribution in [0, 0.1) is 10.1 Å². The van der Waals surface area contributed by atoms with Gasteiger partial charge in [-0.05, 0) is 18.9 Å². The van der Waals surface area contributed by atoms with E-state index in [2.05, 4.69) is 5.32 Å². The van der Waals surface area contributed by atoms with E-state index in [0.29, 0.717) is 18.8 Å². The van der Waals surface area contributed by atoms with Crippen molar-refractivity contribution in [2.24, 2.45) is 0 Å². The van der Waals surface area contributed by atoms with Crippen molar-refractivity contribution in [2.45, 2.75) is 12.8 Å². The molecule has 0 saturated carbocycles. The van der Waals surface area contributed by atoms with E-state index in [0.717, 1.165) is 12.8 Å². The Morgan fingerprint density at radius 2 is 1.96 bits per heavy atom. The number of hydrogen-bond acceptors (Lipinski definition) is 5. The SMILES string of the molecule is CN(C)c1ccc([N+](=O)[O-])cc1C(=O)NCC(=O)N1CCCC1. The quantitative estimate of drug-likeness (QED) is 0.645. The van der Waals surface area contributed by atoms with Gasteiger partial charge in [0.05, 0.1) is 17.0 Å². The van der Waals surface area contributed by atoms with Crippen molar-refractivity contribution in [3.8, 4) is 0 Å². The van der Waals surface area contributed by atoms with Crippen LogP contribution in [0.3, 0.4) is 0 Å². The third kappa shape index (κ3) is 3.97. The number of nitrogens with one attached hydrogen (secondary N) is 1. The minimum atomic E-state index is -0.550. The van der Waals surface area contributed by atoms with Gasteiger partial charge in [-0.3, -0.25) is 19.7 Å². The van der Waals surface area contributed by atoms with E-state index < -0.39 is 10.8 Å². The molecule has 1 aliphatic heterocycles. The number of amides is 2. The van der Waals surface area contributed by atoms with Crippen LogP contribution in [0.15, 0.2) is 18.2 Å². The summed E-state index contributed by atoms with van der Waals surface area (Å²) in [5.41, 5.74) is 0.576. The molecule has 23 heavy (non-hydrogen) atoms. The molecular formula is C15H20N4O4. The molecule has 2 rings (SSSR count). The molecule has 1 N–H and O–H groups in total. The average molecular weight is 320 g/mol. The molecule has 0 radical (unpaired) electrons. The fraction of sp³-hybridized carbons (Fsp3) is 0.467. The van der Waals surface area contributed by atoms with Gasteiger partial charge in [-0.15, -0.1) is 0 Å². The van der Waals surface area contributed by atoms with Gasteiger partial charge in [-0.25, -0.2) is 0 Å². The minimum absolute atomic E-state index is 0.103. The monoisotopic (exact) mass is 320 g/mol. The molecule has 124 valence electrons. The van der Waals surface area contributed by atoms with E-state index in [1.165, 1.54) is 18.2 Å². The first-order valence-electron chi connectivity index (χ1n) is 7.42. The highest BCUT2D eigenvalue weighted by Crippen LogP contribution is 2.24. The van der Waals surface area contributed by atoms with Gasteiger partial charge >= 0.3 is 0 Å². The predicted octanol–water partition coefficient (Wildman–Crippen LogP) is 1.01. The van der Waals surface area contributed by atoms with E-state index >= 15 is 0 Å². The molecule has 1 aromatic rings. The van der Waals surface area contributed by atoms with Crippen molar-refractivity contribution in [2.75, 3.05) is 38.6 Å². The van der Waals surface area contributed by atoms with Gasteiger partial charge in [0.15, 0.2) is 0 Å². The fourth-order valence-electron chi connectivity index (χ4n) is 2.54. The lowest BCUT2D eigenvalue weighted by Crippen LogP contribution is -2.39. The zero-order valence-corrected chi connectivity index (χ0v) is 13.2. The van der Waals surface area contributed by atoms with E-state index in [9.17, 15) is 19.7 Å². The summed E-state index contributed by atoms with van der Waals surface area (Å²) < 4.78 is 0. The molecule has 0 spiro atoms. The number of nitro benzene ring substituents is 1. The first-order valence-corrected chi connectivity index (χ1v) is 7.42. The molecule has 1 aliphatic rings. The second-order valence-corrected chi connectivity index (χ2v) is 5.62. The summed E-state index contributed by atoms with van der Waals surface area (Å²) in [5.74, 6) is -0.627. The minimum Gasteiger partial charge on any atom is -0.377 e. The summed E-state index contributed by atoms with van der Waals surface area (Å²) in [5, 5.41) is 13.5. The lowest BCUT2D eigenvalue weighted by molar-refractivity contribution is -0.384. The number of nitro groups is 1. The van der Waals surface area contributed by atoms with Gasteiger partial charge in [0.2, 0.25) is 5.91 Å². The van der Waals surface area contributed by atoms with Gasteiger partial charge in [0.1, 0.15) is 0 Å². The van der Waals surface area contributed by atoms with Crippen LogP contribution in [0.1, 0.15) is 23.2 Å². The Balaban J connectivity index is 2.11. The van der Waals surface area contributed by atoms with E-state index in [1.807, 2.05) is 0 Å². The Labute approximate surface area is 134 Å². The number of rotatable bonds is 5. The molecule has 1 fully saturated rings. The van der Waals surface area contributed by atoms with Crippen LogP contribution >= 0.6 is 0 Å². The number of non-ortho nitro benzene ring substituents is 1. The molecule has 0 unspecified atom stereocenters. The van der Waals surface area contributed by atoms with Crippen LogP contribution in [-0.4, -0.2) is 55.4 Å². The predicted molar refractivity (Wildman–Crippen MR) is 85.6 cm³/mol. The number of likely N-dealkylation sites (tertiary alicyclic amines) is 1. The smallest absolute Gasteiger partial charge is 0.270 e. The van der Waals surface area contributed by atoms with Crippen LogP contribution < -0.4 is 10.2 Å². The van der Waals surface area contributed by atoms with Gasteiger partial charge in [-0.2, -0.15) is 0 Å². The van der Waals surface area contributed by atoms with Crippen LogP contribution in [0.2, 0.25) is 0 Å². The Kier molecular flexibility index (Phi) is 5.15.